The van der Waals surface area contributed by atoms with Crippen LogP contribution in [0.2, 0.25) is 0 Å². The van der Waals surface area contributed by atoms with Crippen molar-refractivity contribution in [1.29, 1.82) is 5.26 Å². The zero-order chi connectivity index (χ0) is 16.1. The first-order valence-electron chi connectivity index (χ1n) is 6.57. The summed E-state index contributed by atoms with van der Waals surface area (Å²) in [7, 11) is 0. The number of rotatable bonds is 5. The molecule has 1 aromatic carbocycles. The fourth-order valence-corrected chi connectivity index (χ4v) is 3.01. The number of hydrogen-bond donors (Lipinski definition) is 1. The maximum absolute atomic E-state index is 13.4. The Morgan fingerprint density at radius 2 is 2.27 bits per heavy atom. The van der Waals surface area contributed by atoms with Gasteiger partial charge in [-0.15, -0.1) is 11.3 Å². The molecule has 0 fully saturated rings. The average Bonchev–Trinajstić information content (AvgIpc) is 2.96. The van der Waals surface area contributed by atoms with Crippen molar-refractivity contribution < 1.29 is 9.18 Å². The van der Waals surface area contributed by atoms with E-state index in [1.54, 1.807) is 13.0 Å². The van der Waals surface area contributed by atoms with Crippen molar-refractivity contribution in [3.05, 3.63) is 45.9 Å². The van der Waals surface area contributed by atoms with Gasteiger partial charge >= 0.3 is 0 Å². The van der Waals surface area contributed by atoms with Crippen molar-refractivity contribution in [2.75, 3.05) is 0 Å². The molecule has 0 amide bonds. The molecule has 0 saturated heterocycles. The first kappa shape index (κ1) is 15.9. The van der Waals surface area contributed by atoms with Crippen LogP contribution in [0.15, 0.2) is 34.6 Å². The number of aliphatic imine (C=N–C) groups is 1. The summed E-state index contributed by atoms with van der Waals surface area (Å²) in [5.41, 5.74) is 7.21. The summed E-state index contributed by atoms with van der Waals surface area (Å²) in [6.07, 6.45) is 1.06. The Bertz CT molecular complexity index is 757. The molecule has 0 saturated carbocycles. The molecule has 2 aromatic rings. The molecular weight excluding hydrogens is 301 g/mol. The van der Waals surface area contributed by atoms with Crippen LogP contribution < -0.4 is 5.73 Å². The summed E-state index contributed by atoms with van der Waals surface area (Å²) in [6, 6.07) is 7.81. The minimum Gasteiger partial charge on any atom is -0.388 e. The first-order valence-corrected chi connectivity index (χ1v) is 7.45. The highest BCUT2D eigenvalue weighted by atomic mass is 32.1. The molecule has 0 radical (unpaired) electrons. The van der Waals surface area contributed by atoms with Gasteiger partial charge in [0.2, 0.25) is 0 Å². The third-order valence-corrected chi connectivity index (χ3v) is 4.08. The van der Waals surface area contributed by atoms with Crippen LogP contribution in [-0.4, -0.2) is 12.1 Å². The molecule has 1 aromatic heterocycles. The van der Waals surface area contributed by atoms with Gasteiger partial charge in [-0.1, -0.05) is 6.07 Å². The molecule has 1 heterocycles. The summed E-state index contributed by atoms with van der Waals surface area (Å²) in [5, 5.41) is 10.8. The van der Waals surface area contributed by atoms with Crippen LogP contribution in [0.1, 0.15) is 29.8 Å². The largest absolute Gasteiger partial charge is 0.388 e. The topological polar surface area (TPSA) is 79.2 Å². The van der Waals surface area contributed by atoms with E-state index < -0.39 is 5.82 Å². The second-order valence-electron chi connectivity index (χ2n) is 4.73. The Balaban J connectivity index is 2.36. The van der Waals surface area contributed by atoms with E-state index in [0.717, 1.165) is 22.3 Å². The molecule has 112 valence electrons. The van der Waals surface area contributed by atoms with Crippen LogP contribution in [0.5, 0.6) is 0 Å². The molecule has 22 heavy (non-hydrogen) atoms. The maximum atomic E-state index is 13.4. The van der Waals surface area contributed by atoms with E-state index in [0.29, 0.717) is 5.84 Å². The number of amidine groups is 1. The lowest BCUT2D eigenvalue weighted by Crippen LogP contribution is -2.08. The van der Waals surface area contributed by atoms with E-state index in [4.69, 9.17) is 11.0 Å². The fraction of sp³-hybridized carbons (Fsp3) is 0.188. The number of hydrogen-bond acceptors (Lipinski definition) is 4. The zero-order valence-electron chi connectivity index (χ0n) is 11.9. The van der Waals surface area contributed by atoms with Crippen molar-refractivity contribution in [2.45, 2.75) is 19.4 Å². The molecule has 1 atom stereocenters. The number of nitrogens with two attached hydrogens (primary N) is 1. The Kier molecular flexibility index (Phi) is 5.02. The molecule has 0 aliphatic heterocycles. The summed E-state index contributed by atoms with van der Waals surface area (Å²) in [6.45, 7) is 1.67. The smallest absolute Gasteiger partial charge is 0.140 e. The van der Waals surface area contributed by atoms with Crippen LogP contribution in [-0.2, 0) is 4.79 Å². The first-order chi connectivity index (χ1) is 10.5. The van der Waals surface area contributed by atoms with Gasteiger partial charge < -0.3 is 10.5 Å². The lowest BCUT2D eigenvalue weighted by Gasteiger charge is -2.07. The van der Waals surface area contributed by atoms with Crippen molar-refractivity contribution in [2.24, 2.45) is 10.7 Å². The molecule has 4 nitrogen and oxygen atoms in total. The lowest BCUT2D eigenvalue weighted by molar-refractivity contribution is -0.108. The second kappa shape index (κ2) is 6.96. The van der Waals surface area contributed by atoms with Gasteiger partial charge in [0.05, 0.1) is 17.4 Å². The molecule has 1 unspecified atom stereocenters. The van der Waals surface area contributed by atoms with Gasteiger partial charge in [-0.2, -0.15) is 5.26 Å². The molecule has 0 bridgehead atoms. The second-order valence-corrected chi connectivity index (χ2v) is 5.68. The Morgan fingerprint density at radius 3 is 2.91 bits per heavy atom. The van der Waals surface area contributed by atoms with Crippen LogP contribution in [0.4, 0.5) is 4.39 Å². The van der Waals surface area contributed by atoms with Crippen molar-refractivity contribution in [3.8, 4) is 17.2 Å². The van der Waals surface area contributed by atoms with Crippen molar-refractivity contribution in [3.63, 3.8) is 0 Å². The van der Waals surface area contributed by atoms with E-state index in [9.17, 15) is 9.18 Å². The number of nitrogens with zero attached hydrogens (tertiary/aromatic N) is 2. The molecule has 2 N–H and O–H groups in total. The highest BCUT2D eigenvalue weighted by Crippen LogP contribution is 2.33. The summed E-state index contributed by atoms with van der Waals surface area (Å²) >= 11 is 1.45. The summed E-state index contributed by atoms with van der Waals surface area (Å²) < 4.78 is 13.4. The number of halogens is 1. The predicted octanol–water partition coefficient (Wildman–Crippen LogP) is 3.43. The normalized spacial score (nSPS) is 12.7. The van der Waals surface area contributed by atoms with Crippen molar-refractivity contribution >= 4 is 23.5 Å². The Labute approximate surface area is 131 Å². The van der Waals surface area contributed by atoms with E-state index in [1.807, 2.05) is 17.5 Å². The molecular formula is C16H14FN3OS. The van der Waals surface area contributed by atoms with Gasteiger partial charge in [0.1, 0.15) is 18.2 Å². The lowest BCUT2D eigenvalue weighted by atomic mass is 10.0. The maximum Gasteiger partial charge on any atom is 0.140 e. The highest BCUT2D eigenvalue weighted by molar-refractivity contribution is 7.10. The molecule has 0 aliphatic rings. The quantitative estimate of drug-likeness (QED) is 0.521. The monoisotopic (exact) mass is 315 g/mol. The standard InChI is InChI=1S/C16H14FN3OS/c1-10(19)20-15(4-5-21)16-7-13(9-22-16)11-2-3-14(17)12(6-11)8-18/h2-3,5-7,9,15H,4H2,1H3,(H2,19,20). The van der Waals surface area contributed by atoms with Crippen LogP contribution >= 0.6 is 11.3 Å². The van der Waals surface area contributed by atoms with E-state index in [1.165, 1.54) is 23.5 Å². The van der Waals surface area contributed by atoms with E-state index in [-0.39, 0.29) is 18.0 Å². The minimum atomic E-state index is -0.538. The molecule has 2 rings (SSSR count). The Hall–Kier alpha value is -2.52. The summed E-state index contributed by atoms with van der Waals surface area (Å²) in [5.74, 6) is -0.126. The fourth-order valence-electron chi connectivity index (χ4n) is 2.04. The Morgan fingerprint density at radius 1 is 1.50 bits per heavy atom. The number of thiophene rings is 1. The summed E-state index contributed by atoms with van der Waals surface area (Å²) in [4.78, 5) is 15.9. The van der Waals surface area contributed by atoms with Crippen LogP contribution in [0, 0.1) is 17.1 Å². The number of benzene rings is 1. The third-order valence-electron chi connectivity index (χ3n) is 3.05. The van der Waals surface area contributed by atoms with Crippen LogP contribution in [0.25, 0.3) is 11.1 Å². The number of carbonyl (C=O) groups is 1. The van der Waals surface area contributed by atoms with Gasteiger partial charge in [-0.25, -0.2) is 4.39 Å². The van der Waals surface area contributed by atoms with Gasteiger partial charge in [-0.05, 0) is 41.6 Å². The van der Waals surface area contributed by atoms with E-state index in [2.05, 4.69) is 4.99 Å². The van der Waals surface area contributed by atoms with Crippen molar-refractivity contribution in [1.82, 2.24) is 0 Å². The van der Waals surface area contributed by atoms with E-state index >= 15 is 0 Å². The van der Waals surface area contributed by atoms with Gasteiger partial charge in [0.25, 0.3) is 0 Å². The minimum absolute atomic E-state index is 0.00511. The van der Waals surface area contributed by atoms with Crippen LogP contribution in [0.3, 0.4) is 0 Å². The molecule has 6 heteroatoms. The average molecular weight is 315 g/mol. The van der Waals surface area contributed by atoms with Gasteiger partial charge in [0.15, 0.2) is 0 Å². The van der Waals surface area contributed by atoms with Gasteiger partial charge in [0, 0.05) is 11.3 Å². The predicted molar refractivity (Wildman–Crippen MR) is 85.1 cm³/mol. The third kappa shape index (κ3) is 3.57. The van der Waals surface area contributed by atoms with Gasteiger partial charge in [-0.3, -0.25) is 4.99 Å². The molecule has 0 aliphatic carbocycles. The number of carbonyl (C=O) groups excluding carboxylic acids is 1. The zero-order valence-corrected chi connectivity index (χ0v) is 12.7. The number of nitriles is 1. The molecule has 0 spiro atoms. The SMILES string of the molecule is CC(N)=NC(CC=O)c1cc(-c2ccc(F)c(C#N)c2)cs1. The number of aldehydes is 1. The highest BCUT2D eigenvalue weighted by Gasteiger charge is 2.14.